The molecule has 104 valence electrons. The van der Waals surface area contributed by atoms with Gasteiger partial charge in [0, 0.05) is 24.6 Å². The first-order chi connectivity index (χ1) is 9.49. The largest absolute Gasteiger partial charge is 0.299 e. The molecule has 0 bridgehead atoms. The molecule has 0 aliphatic rings. The van der Waals surface area contributed by atoms with Crippen molar-refractivity contribution in [2.24, 2.45) is 5.92 Å². The summed E-state index contributed by atoms with van der Waals surface area (Å²) in [5.41, 5.74) is 1.02. The quantitative estimate of drug-likeness (QED) is 0.618. The summed E-state index contributed by atoms with van der Waals surface area (Å²) in [6, 6.07) is 6.68. The van der Waals surface area contributed by atoms with E-state index in [-0.39, 0.29) is 23.8 Å². The Balaban J connectivity index is 2.45. The van der Waals surface area contributed by atoms with Crippen LogP contribution in [0.15, 0.2) is 30.5 Å². The van der Waals surface area contributed by atoms with Crippen molar-refractivity contribution in [1.82, 2.24) is 4.98 Å². The number of benzene rings is 1. The number of hydrogen-bond acceptors (Lipinski definition) is 4. The van der Waals surface area contributed by atoms with E-state index in [9.17, 15) is 14.9 Å². The third-order valence-corrected chi connectivity index (χ3v) is 3.05. The van der Waals surface area contributed by atoms with Crippen LogP contribution in [0.3, 0.4) is 0 Å². The normalized spacial score (nSPS) is 10.9. The molecule has 5 heteroatoms. The van der Waals surface area contributed by atoms with E-state index in [1.807, 2.05) is 13.8 Å². The van der Waals surface area contributed by atoms with Gasteiger partial charge >= 0.3 is 0 Å². The zero-order valence-electron chi connectivity index (χ0n) is 11.5. The number of nitro groups is 1. The molecule has 5 nitrogen and oxygen atoms in total. The third kappa shape index (κ3) is 2.99. The van der Waals surface area contributed by atoms with Crippen LogP contribution >= 0.6 is 0 Å². The molecule has 0 saturated carbocycles. The van der Waals surface area contributed by atoms with Crippen molar-refractivity contribution in [2.45, 2.75) is 26.7 Å². The number of carbonyl (C=O) groups is 1. The molecule has 1 aromatic heterocycles. The van der Waals surface area contributed by atoms with E-state index in [0.717, 1.165) is 0 Å². The Morgan fingerprint density at radius 1 is 1.35 bits per heavy atom. The summed E-state index contributed by atoms with van der Waals surface area (Å²) in [6.45, 7) is 3.91. The van der Waals surface area contributed by atoms with Crippen molar-refractivity contribution in [3.8, 4) is 0 Å². The fourth-order valence-electron chi connectivity index (χ4n) is 2.28. The first-order valence-electron chi connectivity index (χ1n) is 6.51. The van der Waals surface area contributed by atoms with E-state index >= 15 is 0 Å². The van der Waals surface area contributed by atoms with Crippen molar-refractivity contribution >= 4 is 22.4 Å². The molecule has 1 heterocycles. The second-order valence-electron chi connectivity index (χ2n) is 5.21. The second kappa shape index (κ2) is 5.77. The van der Waals surface area contributed by atoms with Gasteiger partial charge < -0.3 is 0 Å². The number of rotatable bonds is 5. The van der Waals surface area contributed by atoms with Crippen LogP contribution in [0, 0.1) is 16.0 Å². The Morgan fingerprint density at radius 2 is 2.10 bits per heavy atom. The zero-order valence-corrected chi connectivity index (χ0v) is 11.5. The molecule has 20 heavy (non-hydrogen) atoms. The minimum Gasteiger partial charge on any atom is -0.299 e. The summed E-state index contributed by atoms with van der Waals surface area (Å²) in [7, 11) is 0. The van der Waals surface area contributed by atoms with Gasteiger partial charge in [-0.05, 0) is 30.2 Å². The number of nitrogens with zero attached hydrogens (tertiary/aromatic N) is 2. The smallest absolute Gasteiger partial charge is 0.282 e. The van der Waals surface area contributed by atoms with Gasteiger partial charge in [-0.15, -0.1) is 0 Å². The number of fused-ring (bicyclic) bond motifs is 1. The number of Topliss-reactive ketones (excluding diaryl/α,β-unsaturated/α-hetero) is 1. The molecule has 0 aliphatic carbocycles. The average molecular weight is 272 g/mol. The highest BCUT2D eigenvalue weighted by molar-refractivity contribution is 5.92. The number of aromatic nitrogens is 1. The third-order valence-electron chi connectivity index (χ3n) is 3.05. The summed E-state index contributed by atoms with van der Waals surface area (Å²) >= 11 is 0. The predicted molar refractivity (Wildman–Crippen MR) is 76.6 cm³/mol. The molecule has 0 unspecified atom stereocenters. The van der Waals surface area contributed by atoms with Crippen LogP contribution in [0.1, 0.15) is 25.8 Å². The molecule has 0 saturated heterocycles. The lowest BCUT2D eigenvalue weighted by Gasteiger charge is -2.07. The monoisotopic (exact) mass is 272 g/mol. The molecule has 0 amide bonds. The average Bonchev–Trinajstić information content (AvgIpc) is 2.36. The van der Waals surface area contributed by atoms with Gasteiger partial charge in [0.1, 0.15) is 5.78 Å². The van der Waals surface area contributed by atoms with Crippen LogP contribution in [-0.4, -0.2) is 15.7 Å². The molecule has 1 aromatic carbocycles. The van der Waals surface area contributed by atoms with Crippen molar-refractivity contribution in [2.75, 3.05) is 0 Å². The van der Waals surface area contributed by atoms with E-state index in [4.69, 9.17) is 0 Å². The fraction of sp³-hybridized carbons (Fsp3) is 0.333. The fourth-order valence-corrected chi connectivity index (χ4v) is 2.28. The first kappa shape index (κ1) is 14.1. The SMILES string of the molecule is CC(C)CC(=O)Cc1ccc2ncccc2c1[N+](=O)[O-]. The van der Waals surface area contributed by atoms with Crippen LogP contribution in [0.4, 0.5) is 5.69 Å². The van der Waals surface area contributed by atoms with Gasteiger partial charge in [-0.1, -0.05) is 13.8 Å². The summed E-state index contributed by atoms with van der Waals surface area (Å²) in [5.74, 6) is 0.273. The summed E-state index contributed by atoms with van der Waals surface area (Å²) in [4.78, 5) is 26.9. The Hall–Kier alpha value is -2.30. The van der Waals surface area contributed by atoms with Crippen molar-refractivity contribution in [3.05, 3.63) is 46.1 Å². The Bertz CT molecular complexity index is 665. The van der Waals surface area contributed by atoms with Crippen LogP contribution in [-0.2, 0) is 11.2 Å². The summed E-state index contributed by atoms with van der Waals surface area (Å²) in [5, 5.41) is 11.8. The van der Waals surface area contributed by atoms with Gasteiger partial charge in [0.25, 0.3) is 5.69 Å². The molecular weight excluding hydrogens is 256 g/mol. The Kier molecular flexibility index (Phi) is 4.08. The maximum Gasteiger partial charge on any atom is 0.282 e. The Morgan fingerprint density at radius 3 is 2.75 bits per heavy atom. The van der Waals surface area contributed by atoms with E-state index in [0.29, 0.717) is 22.9 Å². The summed E-state index contributed by atoms with van der Waals surface area (Å²) in [6.07, 6.45) is 2.12. The van der Waals surface area contributed by atoms with E-state index < -0.39 is 4.92 Å². The van der Waals surface area contributed by atoms with Gasteiger partial charge in [0.15, 0.2) is 0 Å². The molecular formula is C15H16N2O3. The minimum absolute atomic E-state index is 0.00675. The van der Waals surface area contributed by atoms with Gasteiger partial charge in [0.05, 0.1) is 15.8 Å². The van der Waals surface area contributed by atoms with Crippen molar-refractivity contribution in [1.29, 1.82) is 0 Å². The molecule has 0 spiro atoms. The molecule has 0 radical (unpaired) electrons. The number of carbonyl (C=O) groups excluding carboxylic acids is 1. The molecule has 0 atom stereocenters. The first-order valence-corrected chi connectivity index (χ1v) is 6.51. The van der Waals surface area contributed by atoms with Gasteiger partial charge in [-0.25, -0.2) is 0 Å². The van der Waals surface area contributed by atoms with Crippen molar-refractivity contribution in [3.63, 3.8) is 0 Å². The number of hydrogen-bond donors (Lipinski definition) is 0. The molecule has 0 N–H and O–H groups in total. The number of pyridine rings is 1. The van der Waals surface area contributed by atoms with Crippen molar-refractivity contribution < 1.29 is 9.72 Å². The summed E-state index contributed by atoms with van der Waals surface area (Å²) < 4.78 is 0. The predicted octanol–water partition coefficient (Wildman–Crippen LogP) is 3.30. The zero-order chi connectivity index (χ0) is 14.7. The highest BCUT2D eigenvalue weighted by Crippen LogP contribution is 2.29. The second-order valence-corrected chi connectivity index (χ2v) is 5.21. The highest BCUT2D eigenvalue weighted by Gasteiger charge is 2.20. The number of nitro benzene ring substituents is 1. The molecule has 0 fully saturated rings. The Labute approximate surface area is 116 Å². The van der Waals surface area contributed by atoms with E-state index in [1.165, 1.54) is 0 Å². The van der Waals surface area contributed by atoms with E-state index in [1.54, 1.807) is 30.5 Å². The highest BCUT2D eigenvalue weighted by atomic mass is 16.6. The van der Waals surface area contributed by atoms with Crippen LogP contribution < -0.4 is 0 Å². The maximum atomic E-state index is 11.9. The van der Waals surface area contributed by atoms with Gasteiger partial charge in [-0.3, -0.25) is 19.9 Å². The lowest BCUT2D eigenvalue weighted by Crippen LogP contribution is -2.08. The molecule has 0 aliphatic heterocycles. The molecule has 2 rings (SSSR count). The van der Waals surface area contributed by atoms with E-state index in [2.05, 4.69) is 4.98 Å². The van der Waals surface area contributed by atoms with Gasteiger partial charge in [0.2, 0.25) is 0 Å². The van der Waals surface area contributed by atoms with Crippen LogP contribution in [0.25, 0.3) is 10.9 Å². The minimum atomic E-state index is -0.429. The molecule has 2 aromatic rings. The van der Waals surface area contributed by atoms with Crippen LogP contribution in [0.5, 0.6) is 0 Å². The lowest BCUT2D eigenvalue weighted by atomic mass is 9.98. The lowest BCUT2D eigenvalue weighted by molar-refractivity contribution is -0.383. The van der Waals surface area contributed by atoms with Crippen LogP contribution in [0.2, 0.25) is 0 Å². The topological polar surface area (TPSA) is 73.1 Å². The maximum absolute atomic E-state index is 11.9. The standard InChI is InChI=1S/C15H16N2O3/c1-10(2)8-12(18)9-11-5-6-14-13(4-3-7-16-14)15(11)17(19)20/h3-7,10H,8-9H2,1-2H3. The van der Waals surface area contributed by atoms with Gasteiger partial charge in [-0.2, -0.15) is 0 Å². The number of ketones is 1.